The maximum absolute atomic E-state index is 13.1. The Morgan fingerprint density at radius 3 is 2.29 bits per heavy atom. The molecule has 132 valence electrons. The van der Waals surface area contributed by atoms with E-state index in [2.05, 4.69) is 19.2 Å². The summed E-state index contributed by atoms with van der Waals surface area (Å²) in [7, 11) is -0.656. The average molecular weight is 354 g/mol. The first-order chi connectivity index (χ1) is 11.2. The molecule has 2 aromatic rings. The van der Waals surface area contributed by atoms with Crippen molar-refractivity contribution in [1.29, 1.82) is 0 Å². The lowest BCUT2D eigenvalue weighted by atomic mass is 9.96. The van der Waals surface area contributed by atoms with Gasteiger partial charge in [-0.05, 0) is 35.7 Å². The maximum Gasteiger partial charge on any atom is 0.275 e. The number of hydrogen-bond acceptors (Lipinski definition) is 4. The third-order valence-electron chi connectivity index (χ3n) is 3.76. The number of hydrogen-bond donors (Lipinski definition) is 1. The van der Waals surface area contributed by atoms with Gasteiger partial charge in [-0.3, -0.25) is 0 Å². The Kier molecular flexibility index (Phi) is 5.79. The van der Waals surface area contributed by atoms with Crippen LogP contribution in [0.5, 0.6) is 0 Å². The molecule has 1 N–H and O–H groups in total. The zero-order valence-electron chi connectivity index (χ0n) is 14.3. The van der Waals surface area contributed by atoms with Gasteiger partial charge in [0.25, 0.3) is 10.0 Å². The lowest BCUT2D eigenvalue weighted by Crippen LogP contribution is -2.25. The first kappa shape index (κ1) is 18.6. The summed E-state index contributed by atoms with van der Waals surface area (Å²) < 4.78 is 43.7. The largest absolute Gasteiger partial charge is 0.447 e. The molecule has 0 amide bonds. The molecule has 0 aliphatic heterocycles. The van der Waals surface area contributed by atoms with Crippen LogP contribution >= 0.6 is 0 Å². The summed E-state index contributed by atoms with van der Waals surface area (Å²) in [5.41, 5.74) is 0.971. The number of benzene rings is 1. The van der Waals surface area contributed by atoms with Crippen molar-refractivity contribution in [3.8, 4) is 0 Å². The zero-order chi connectivity index (χ0) is 17.9. The molecule has 0 aliphatic rings. The molecule has 5 nitrogen and oxygen atoms in total. The third-order valence-corrected chi connectivity index (χ3v) is 5.45. The van der Waals surface area contributed by atoms with Gasteiger partial charge in [-0.2, -0.15) is 0 Å². The first-order valence-corrected chi connectivity index (χ1v) is 9.16. The monoisotopic (exact) mass is 354 g/mol. The molecule has 0 saturated carbocycles. The second kappa shape index (κ2) is 7.46. The van der Waals surface area contributed by atoms with E-state index in [4.69, 9.17) is 4.42 Å². The predicted molar refractivity (Wildman–Crippen MR) is 90.4 cm³/mol. The molecule has 1 atom stereocenters. The molecule has 0 aliphatic carbocycles. The number of halogens is 1. The number of rotatable bonds is 7. The second-order valence-electron chi connectivity index (χ2n) is 6.16. The number of nitrogens with one attached hydrogen (secondary N) is 1. The molecule has 0 saturated heterocycles. The van der Waals surface area contributed by atoms with Gasteiger partial charge in [0.1, 0.15) is 11.6 Å². The molecule has 0 fully saturated rings. The first-order valence-electron chi connectivity index (χ1n) is 7.72. The highest BCUT2D eigenvalue weighted by Crippen LogP contribution is 2.23. The molecule has 1 aromatic carbocycles. The fourth-order valence-corrected chi connectivity index (χ4v) is 3.20. The topological polar surface area (TPSA) is 62.6 Å². The molecule has 0 bridgehead atoms. The van der Waals surface area contributed by atoms with Gasteiger partial charge >= 0.3 is 0 Å². The fraction of sp³-hybridized carbons (Fsp3) is 0.412. The standard InChI is InChI=1S/C17H23FN2O3S/c1-12(2)17(13-5-7-14(18)8-6-13)19-11-15-9-10-16(23-15)24(21,22)20(3)4/h5-10,12,17,19H,11H2,1-4H3. The Morgan fingerprint density at radius 1 is 1.12 bits per heavy atom. The number of nitrogens with zero attached hydrogens (tertiary/aromatic N) is 1. The maximum atomic E-state index is 13.1. The molecule has 1 unspecified atom stereocenters. The predicted octanol–water partition coefficient (Wildman–Crippen LogP) is 3.16. The van der Waals surface area contributed by atoms with Gasteiger partial charge in [-0.25, -0.2) is 17.1 Å². The van der Waals surface area contributed by atoms with Crippen molar-refractivity contribution in [2.75, 3.05) is 14.1 Å². The van der Waals surface area contributed by atoms with Gasteiger partial charge in [0, 0.05) is 20.1 Å². The third kappa shape index (κ3) is 4.23. The van der Waals surface area contributed by atoms with E-state index in [-0.39, 0.29) is 22.9 Å². The summed E-state index contributed by atoms with van der Waals surface area (Å²) >= 11 is 0. The van der Waals surface area contributed by atoms with E-state index in [9.17, 15) is 12.8 Å². The smallest absolute Gasteiger partial charge is 0.275 e. The average Bonchev–Trinajstić information content (AvgIpc) is 2.98. The van der Waals surface area contributed by atoms with E-state index in [0.29, 0.717) is 12.3 Å². The van der Waals surface area contributed by atoms with Gasteiger partial charge in [0.15, 0.2) is 0 Å². The Labute approximate surface area is 142 Å². The van der Waals surface area contributed by atoms with Crippen LogP contribution in [0.2, 0.25) is 0 Å². The molecule has 0 spiro atoms. The van der Waals surface area contributed by atoms with Gasteiger partial charge in [-0.15, -0.1) is 0 Å². The normalized spacial score (nSPS) is 13.6. The second-order valence-corrected chi connectivity index (χ2v) is 8.25. The number of furan rings is 1. The summed E-state index contributed by atoms with van der Waals surface area (Å²) in [6.45, 7) is 4.50. The van der Waals surface area contributed by atoms with Crippen molar-refractivity contribution < 1.29 is 17.2 Å². The van der Waals surface area contributed by atoms with Crippen LogP contribution in [0.1, 0.15) is 31.2 Å². The highest BCUT2D eigenvalue weighted by atomic mass is 32.2. The number of sulfonamides is 1. The SMILES string of the molecule is CC(C)C(NCc1ccc(S(=O)(=O)N(C)C)o1)c1ccc(F)cc1. The van der Waals surface area contributed by atoms with Crippen molar-refractivity contribution in [1.82, 2.24) is 9.62 Å². The summed E-state index contributed by atoms with van der Waals surface area (Å²) in [5.74, 6) is 0.532. The van der Waals surface area contributed by atoms with Crippen molar-refractivity contribution >= 4 is 10.0 Å². The van der Waals surface area contributed by atoms with Crippen molar-refractivity contribution in [2.45, 2.75) is 31.5 Å². The summed E-state index contributed by atoms with van der Waals surface area (Å²) in [6, 6.07) is 9.46. The van der Waals surface area contributed by atoms with Crippen LogP contribution in [0.15, 0.2) is 45.9 Å². The van der Waals surface area contributed by atoms with Gasteiger partial charge in [0.2, 0.25) is 5.09 Å². The summed E-state index contributed by atoms with van der Waals surface area (Å²) in [4.78, 5) is 0. The van der Waals surface area contributed by atoms with E-state index in [1.165, 1.54) is 32.3 Å². The van der Waals surface area contributed by atoms with E-state index in [1.54, 1.807) is 18.2 Å². The highest BCUT2D eigenvalue weighted by molar-refractivity contribution is 7.88. The van der Waals surface area contributed by atoms with Crippen LogP contribution in [0, 0.1) is 11.7 Å². The van der Waals surface area contributed by atoms with Gasteiger partial charge in [0.05, 0.1) is 6.54 Å². The minimum Gasteiger partial charge on any atom is -0.447 e. The molecule has 24 heavy (non-hydrogen) atoms. The summed E-state index contributed by atoms with van der Waals surface area (Å²) in [5, 5.41) is 3.26. The van der Waals surface area contributed by atoms with Gasteiger partial charge < -0.3 is 9.73 Å². The van der Waals surface area contributed by atoms with Crippen molar-refractivity contribution in [3.05, 3.63) is 53.5 Å². The van der Waals surface area contributed by atoms with E-state index in [1.807, 2.05) is 0 Å². The quantitative estimate of drug-likeness (QED) is 0.830. The Bertz CT molecular complexity index is 767. The van der Waals surface area contributed by atoms with Crippen LogP contribution in [0.25, 0.3) is 0 Å². The minimum absolute atomic E-state index is 0.00426. The van der Waals surface area contributed by atoms with E-state index in [0.717, 1.165) is 9.87 Å². The molecule has 2 rings (SSSR count). The Morgan fingerprint density at radius 2 is 1.75 bits per heavy atom. The molecular formula is C17H23FN2O3S. The van der Waals surface area contributed by atoms with Crippen LogP contribution in [-0.4, -0.2) is 26.8 Å². The van der Waals surface area contributed by atoms with Crippen LogP contribution < -0.4 is 5.32 Å². The van der Waals surface area contributed by atoms with Gasteiger partial charge in [-0.1, -0.05) is 26.0 Å². The van der Waals surface area contributed by atoms with Crippen molar-refractivity contribution in [3.63, 3.8) is 0 Å². The summed E-state index contributed by atoms with van der Waals surface area (Å²) in [6.07, 6.45) is 0. The lowest BCUT2D eigenvalue weighted by Gasteiger charge is -2.22. The molecule has 1 heterocycles. The molecule has 1 aromatic heterocycles. The lowest BCUT2D eigenvalue weighted by molar-refractivity contribution is 0.355. The van der Waals surface area contributed by atoms with Crippen molar-refractivity contribution in [2.24, 2.45) is 5.92 Å². The Hall–Kier alpha value is -1.70. The highest BCUT2D eigenvalue weighted by Gasteiger charge is 2.22. The zero-order valence-corrected chi connectivity index (χ0v) is 15.1. The van der Waals surface area contributed by atoms with Crippen LogP contribution in [0.4, 0.5) is 4.39 Å². The van der Waals surface area contributed by atoms with Crippen LogP contribution in [-0.2, 0) is 16.6 Å². The van der Waals surface area contributed by atoms with E-state index >= 15 is 0 Å². The molecular weight excluding hydrogens is 331 g/mol. The van der Waals surface area contributed by atoms with Crippen LogP contribution in [0.3, 0.4) is 0 Å². The molecule has 7 heteroatoms. The fourth-order valence-electron chi connectivity index (χ4n) is 2.39. The minimum atomic E-state index is -3.57. The molecule has 0 radical (unpaired) electrons. The van der Waals surface area contributed by atoms with E-state index < -0.39 is 10.0 Å². The Balaban J connectivity index is 2.11.